The van der Waals surface area contributed by atoms with Gasteiger partial charge < -0.3 is 10.1 Å². The normalized spacial score (nSPS) is 17.6. The van der Waals surface area contributed by atoms with Crippen molar-refractivity contribution in [1.29, 1.82) is 0 Å². The second-order valence-electron chi connectivity index (χ2n) is 7.94. The molecule has 0 radical (unpaired) electrons. The van der Waals surface area contributed by atoms with Gasteiger partial charge in [0.05, 0.1) is 18.0 Å². The lowest BCUT2D eigenvalue weighted by Gasteiger charge is -2.41. The van der Waals surface area contributed by atoms with E-state index >= 15 is 0 Å². The number of carbonyl (C=O) groups excluding carboxylic acids is 1. The highest BCUT2D eigenvalue weighted by Crippen LogP contribution is 2.42. The highest BCUT2D eigenvalue weighted by molar-refractivity contribution is 7.92. The highest BCUT2D eigenvalue weighted by atomic mass is 32.2. The molecule has 30 heavy (non-hydrogen) atoms. The van der Waals surface area contributed by atoms with Gasteiger partial charge in [-0.3, -0.25) is 9.10 Å². The second kappa shape index (κ2) is 8.30. The third-order valence-corrected chi connectivity index (χ3v) is 7.37. The lowest BCUT2D eigenvalue weighted by Crippen LogP contribution is -2.44. The maximum Gasteiger partial charge on any atom is 0.252 e. The van der Waals surface area contributed by atoms with E-state index in [4.69, 9.17) is 4.74 Å². The fourth-order valence-electron chi connectivity index (χ4n) is 4.06. The molecule has 6 nitrogen and oxygen atoms in total. The molecule has 162 valence electrons. The summed E-state index contributed by atoms with van der Waals surface area (Å²) in [5.41, 5.74) is 2.23. The molecule has 1 aliphatic rings. The van der Waals surface area contributed by atoms with Crippen LogP contribution >= 0.6 is 0 Å². The summed E-state index contributed by atoms with van der Waals surface area (Å²) in [6.07, 6.45) is 3.52. The Hall–Kier alpha value is -2.54. The monoisotopic (exact) mass is 430 g/mol. The van der Waals surface area contributed by atoms with E-state index in [1.807, 2.05) is 24.3 Å². The van der Waals surface area contributed by atoms with E-state index < -0.39 is 10.0 Å². The number of hydrogen-bond acceptors (Lipinski definition) is 4. The fourth-order valence-corrected chi connectivity index (χ4v) is 4.61. The number of nitrogens with zero attached hydrogens (tertiary/aromatic N) is 1. The number of nitrogens with one attached hydrogen (secondary N) is 1. The van der Waals surface area contributed by atoms with Crippen LogP contribution in [-0.4, -0.2) is 33.2 Å². The largest absolute Gasteiger partial charge is 0.487 e. The van der Waals surface area contributed by atoms with Crippen LogP contribution in [0.1, 0.15) is 60.6 Å². The van der Waals surface area contributed by atoms with Gasteiger partial charge in [0, 0.05) is 24.6 Å². The summed E-state index contributed by atoms with van der Waals surface area (Å²) in [5.74, 6) is 0.582. The molecule has 2 aromatic carbocycles. The number of ether oxygens (including phenoxy) is 1. The molecule has 1 aliphatic heterocycles. The van der Waals surface area contributed by atoms with Crippen LogP contribution in [0.3, 0.4) is 0 Å². The molecule has 7 heteroatoms. The Bertz CT molecular complexity index is 1040. The summed E-state index contributed by atoms with van der Waals surface area (Å²) in [5, 5.41) is 3.17. The Morgan fingerprint density at radius 1 is 1.17 bits per heavy atom. The van der Waals surface area contributed by atoms with E-state index in [2.05, 4.69) is 19.2 Å². The number of sulfonamides is 1. The Labute approximate surface area is 179 Å². The van der Waals surface area contributed by atoms with Crippen molar-refractivity contribution in [2.24, 2.45) is 0 Å². The Balaban J connectivity index is 1.94. The molecule has 1 heterocycles. The molecular formula is C23H30N2O4S. The summed E-state index contributed by atoms with van der Waals surface area (Å²) < 4.78 is 31.5. The third kappa shape index (κ3) is 4.17. The first kappa shape index (κ1) is 22.2. The number of carbonyl (C=O) groups is 1. The Morgan fingerprint density at radius 2 is 1.83 bits per heavy atom. The predicted molar refractivity (Wildman–Crippen MR) is 120 cm³/mol. The molecule has 1 atom stereocenters. The molecular weight excluding hydrogens is 400 g/mol. The average molecular weight is 431 g/mol. The lowest BCUT2D eigenvalue weighted by atomic mass is 9.83. The zero-order valence-corrected chi connectivity index (χ0v) is 19.0. The van der Waals surface area contributed by atoms with Crippen LogP contribution in [0, 0.1) is 6.92 Å². The number of benzene rings is 2. The predicted octanol–water partition coefficient (Wildman–Crippen LogP) is 4.20. The first-order valence-electron chi connectivity index (χ1n) is 10.2. The zero-order chi connectivity index (χ0) is 22.1. The van der Waals surface area contributed by atoms with Crippen molar-refractivity contribution in [3.63, 3.8) is 0 Å². The summed E-state index contributed by atoms with van der Waals surface area (Å²) in [6.45, 7) is 5.97. The van der Waals surface area contributed by atoms with Gasteiger partial charge in [-0.05, 0) is 43.5 Å². The number of amides is 1. The van der Waals surface area contributed by atoms with Crippen LogP contribution in [0.4, 0.5) is 5.69 Å². The minimum atomic E-state index is -3.43. The van der Waals surface area contributed by atoms with Gasteiger partial charge in [-0.1, -0.05) is 38.1 Å². The molecule has 0 aromatic heterocycles. The van der Waals surface area contributed by atoms with Crippen LogP contribution in [0.15, 0.2) is 42.5 Å². The number of fused-ring (bicyclic) bond motifs is 1. The summed E-state index contributed by atoms with van der Waals surface area (Å²) in [7, 11) is -1.93. The standard InChI is InChI=1S/C23H30N2O4S/c1-6-23(7-2)15-19(18-11-8-9-14-21(18)29-23)24-22(26)17-12-10-13-20(16(17)3)25(4)30(5,27)28/h8-14,19H,6-7,15H2,1-5H3,(H,24,26)/t19-/m1/s1. The van der Waals surface area contributed by atoms with E-state index in [-0.39, 0.29) is 17.6 Å². The molecule has 0 spiro atoms. The molecule has 1 amide bonds. The van der Waals surface area contributed by atoms with Gasteiger partial charge in [0.25, 0.3) is 5.91 Å². The van der Waals surface area contributed by atoms with Gasteiger partial charge >= 0.3 is 0 Å². The van der Waals surface area contributed by atoms with Crippen molar-refractivity contribution < 1.29 is 17.9 Å². The van der Waals surface area contributed by atoms with Crippen LogP contribution < -0.4 is 14.4 Å². The molecule has 1 N–H and O–H groups in total. The third-order valence-electron chi connectivity index (χ3n) is 6.18. The van der Waals surface area contributed by atoms with E-state index in [1.165, 1.54) is 11.4 Å². The van der Waals surface area contributed by atoms with Crippen molar-refractivity contribution >= 4 is 21.6 Å². The van der Waals surface area contributed by atoms with Crippen LogP contribution in [0.5, 0.6) is 5.75 Å². The van der Waals surface area contributed by atoms with Crippen LogP contribution in [0.2, 0.25) is 0 Å². The lowest BCUT2D eigenvalue weighted by molar-refractivity contribution is 0.0227. The van der Waals surface area contributed by atoms with Gasteiger partial charge in [0.15, 0.2) is 0 Å². The van der Waals surface area contributed by atoms with Gasteiger partial charge in [0.2, 0.25) is 10.0 Å². The maximum absolute atomic E-state index is 13.2. The van der Waals surface area contributed by atoms with Gasteiger partial charge in [0.1, 0.15) is 11.4 Å². The van der Waals surface area contributed by atoms with Crippen molar-refractivity contribution in [1.82, 2.24) is 5.32 Å². The molecule has 3 rings (SSSR count). The van der Waals surface area contributed by atoms with Crippen LogP contribution in [0.25, 0.3) is 0 Å². The summed E-state index contributed by atoms with van der Waals surface area (Å²) >= 11 is 0. The van der Waals surface area contributed by atoms with E-state index in [0.717, 1.165) is 30.4 Å². The van der Waals surface area contributed by atoms with Crippen molar-refractivity contribution in [2.45, 2.75) is 51.7 Å². The number of para-hydroxylation sites is 1. The number of rotatable bonds is 6. The van der Waals surface area contributed by atoms with Crippen molar-refractivity contribution in [2.75, 3.05) is 17.6 Å². The highest BCUT2D eigenvalue weighted by Gasteiger charge is 2.39. The zero-order valence-electron chi connectivity index (χ0n) is 18.2. The van der Waals surface area contributed by atoms with E-state index in [9.17, 15) is 13.2 Å². The summed E-state index contributed by atoms with van der Waals surface area (Å²) in [4.78, 5) is 13.2. The van der Waals surface area contributed by atoms with Crippen LogP contribution in [-0.2, 0) is 10.0 Å². The maximum atomic E-state index is 13.2. The minimum absolute atomic E-state index is 0.182. The fraction of sp³-hybridized carbons (Fsp3) is 0.435. The van der Waals surface area contributed by atoms with Gasteiger partial charge in [-0.15, -0.1) is 0 Å². The minimum Gasteiger partial charge on any atom is -0.487 e. The Kier molecular flexibility index (Phi) is 6.13. The SMILES string of the molecule is CCC1(CC)C[C@@H](NC(=O)c2cccc(N(C)S(C)(=O)=O)c2C)c2ccccc2O1. The Morgan fingerprint density at radius 3 is 2.47 bits per heavy atom. The number of anilines is 1. The number of hydrogen-bond donors (Lipinski definition) is 1. The first-order valence-corrected chi connectivity index (χ1v) is 12.1. The topological polar surface area (TPSA) is 75.7 Å². The van der Waals surface area contributed by atoms with E-state index in [1.54, 1.807) is 25.1 Å². The van der Waals surface area contributed by atoms with E-state index in [0.29, 0.717) is 23.2 Å². The quantitative estimate of drug-likeness (QED) is 0.745. The molecule has 0 aliphatic carbocycles. The molecule has 0 bridgehead atoms. The molecule has 0 saturated heterocycles. The second-order valence-corrected chi connectivity index (χ2v) is 9.95. The molecule has 0 saturated carbocycles. The molecule has 0 unspecified atom stereocenters. The molecule has 0 fully saturated rings. The average Bonchev–Trinajstić information content (AvgIpc) is 2.72. The summed E-state index contributed by atoms with van der Waals surface area (Å²) in [6, 6.07) is 12.8. The van der Waals surface area contributed by atoms with Crippen molar-refractivity contribution in [3.05, 3.63) is 59.2 Å². The molecule has 2 aromatic rings. The van der Waals surface area contributed by atoms with Gasteiger partial charge in [-0.2, -0.15) is 0 Å². The van der Waals surface area contributed by atoms with Gasteiger partial charge in [-0.25, -0.2) is 8.42 Å². The smallest absolute Gasteiger partial charge is 0.252 e. The van der Waals surface area contributed by atoms with Crippen molar-refractivity contribution in [3.8, 4) is 5.75 Å². The first-order chi connectivity index (χ1) is 14.1.